The lowest BCUT2D eigenvalue weighted by Crippen LogP contribution is -2.45. The molecule has 2 fully saturated rings. The number of nitrogens with one attached hydrogen (secondary N) is 1. The van der Waals surface area contributed by atoms with Crippen LogP contribution in [-0.2, 0) is 9.47 Å². The van der Waals surface area contributed by atoms with E-state index in [1.54, 1.807) is 6.20 Å². The highest BCUT2D eigenvalue weighted by molar-refractivity contribution is 5.57. The fraction of sp³-hybridized carbons (Fsp3) is 0.471. The molecule has 2 aliphatic rings. The summed E-state index contributed by atoms with van der Waals surface area (Å²) in [5.74, 6) is 0.946. The number of hydrogen-bond donors (Lipinski definition) is 1. The summed E-state index contributed by atoms with van der Waals surface area (Å²) in [4.78, 5) is 6.73. The number of ether oxygens (including phenoxy) is 2. The maximum atomic E-state index is 5.76. The Hall–Kier alpha value is -2.25. The minimum absolute atomic E-state index is 0.388. The van der Waals surface area contributed by atoms with Crippen LogP contribution < -0.4 is 10.2 Å². The van der Waals surface area contributed by atoms with Crippen molar-refractivity contribution in [3.8, 4) is 0 Å². The smallest absolute Gasteiger partial charge is 0.247 e. The van der Waals surface area contributed by atoms with Gasteiger partial charge in [0.25, 0.3) is 0 Å². The molecule has 0 unspecified atom stereocenters. The van der Waals surface area contributed by atoms with Crippen LogP contribution in [0.15, 0.2) is 30.5 Å². The van der Waals surface area contributed by atoms with Gasteiger partial charge < -0.3 is 19.7 Å². The van der Waals surface area contributed by atoms with E-state index in [0.717, 1.165) is 31.6 Å². The number of aromatic nitrogens is 3. The summed E-state index contributed by atoms with van der Waals surface area (Å²) in [7, 11) is 0. The molecule has 24 heavy (non-hydrogen) atoms. The molecule has 7 nitrogen and oxygen atoms in total. The largest absolute Gasteiger partial charge is 0.347 e. The van der Waals surface area contributed by atoms with E-state index in [1.165, 1.54) is 5.56 Å². The van der Waals surface area contributed by atoms with Crippen molar-refractivity contribution >= 4 is 17.5 Å². The van der Waals surface area contributed by atoms with Crippen molar-refractivity contribution in [2.24, 2.45) is 0 Å². The number of rotatable bonds is 3. The first kappa shape index (κ1) is 15.3. The predicted octanol–water partition coefficient (Wildman–Crippen LogP) is 2.27. The van der Waals surface area contributed by atoms with E-state index in [4.69, 9.17) is 9.47 Å². The number of nitrogens with zero attached hydrogens (tertiary/aromatic N) is 4. The summed E-state index contributed by atoms with van der Waals surface area (Å²) < 4.78 is 11.5. The molecular weight excluding hydrogens is 306 g/mol. The summed E-state index contributed by atoms with van der Waals surface area (Å²) in [6, 6.07) is 8.15. The molecule has 1 spiro atoms. The molecule has 0 amide bonds. The van der Waals surface area contributed by atoms with Crippen LogP contribution in [0.2, 0.25) is 0 Å². The van der Waals surface area contributed by atoms with Gasteiger partial charge in [0.15, 0.2) is 11.6 Å². The first-order valence-corrected chi connectivity index (χ1v) is 8.29. The minimum Gasteiger partial charge on any atom is -0.347 e. The lowest BCUT2D eigenvalue weighted by molar-refractivity contribution is -0.169. The SMILES string of the molecule is Cc1cccc(Nc2cnnc(N3CCC4(CC3)OCCO4)n2)c1. The molecule has 3 heterocycles. The Morgan fingerprint density at radius 1 is 1.17 bits per heavy atom. The van der Waals surface area contributed by atoms with Crippen LogP contribution in [0, 0.1) is 6.92 Å². The molecular formula is C17H21N5O2. The molecule has 0 radical (unpaired) electrons. The third kappa shape index (κ3) is 3.18. The van der Waals surface area contributed by atoms with Crippen molar-refractivity contribution in [2.45, 2.75) is 25.6 Å². The van der Waals surface area contributed by atoms with E-state index in [0.29, 0.717) is 25.0 Å². The summed E-state index contributed by atoms with van der Waals surface area (Å²) in [5.41, 5.74) is 2.19. The zero-order chi connectivity index (χ0) is 16.4. The molecule has 4 rings (SSSR count). The summed E-state index contributed by atoms with van der Waals surface area (Å²) >= 11 is 0. The molecule has 0 aliphatic carbocycles. The van der Waals surface area contributed by atoms with Crippen LogP contribution in [-0.4, -0.2) is 47.3 Å². The highest BCUT2D eigenvalue weighted by Gasteiger charge is 2.40. The maximum Gasteiger partial charge on any atom is 0.247 e. The zero-order valence-corrected chi connectivity index (χ0v) is 13.7. The van der Waals surface area contributed by atoms with Gasteiger partial charge >= 0.3 is 0 Å². The van der Waals surface area contributed by atoms with Gasteiger partial charge in [-0.25, -0.2) is 0 Å². The molecule has 2 aliphatic heterocycles. The van der Waals surface area contributed by atoms with Crippen molar-refractivity contribution in [1.82, 2.24) is 15.2 Å². The highest BCUT2D eigenvalue weighted by Crippen LogP contribution is 2.32. The van der Waals surface area contributed by atoms with Gasteiger partial charge in [-0.1, -0.05) is 12.1 Å². The van der Waals surface area contributed by atoms with Crippen molar-refractivity contribution in [3.63, 3.8) is 0 Å². The molecule has 2 saturated heterocycles. The molecule has 126 valence electrons. The first-order chi connectivity index (χ1) is 11.7. The molecule has 1 N–H and O–H groups in total. The maximum absolute atomic E-state index is 5.76. The van der Waals surface area contributed by atoms with Crippen LogP contribution >= 0.6 is 0 Å². The second-order valence-electron chi connectivity index (χ2n) is 6.23. The predicted molar refractivity (Wildman–Crippen MR) is 90.4 cm³/mol. The van der Waals surface area contributed by atoms with Gasteiger partial charge in [-0.05, 0) is 24.6 Å². The standard InChI is InChI=1S/C17H21N5O2/c1-13-3-2-4-14(11-13)19-15-12-18-21-16(20-15)22-7-5-17(6-8-22)23-9-10-24-17/h2-4,11-12H,5-10H2,1H3,(H,19,20,21). The van der Waals surface area contributed by atoms with E-state index in [1.807, 2.05) is 12.1 Å². The number of piperidine rings is 1. The van der Waals surface area contributed by atoms with E-state index in [-0.39, 0.29) is 5.79 Å². The average molecular weight is 327 g/mol. The third-order valence-corrected chi connectivity index (χ3v) is 4.46. The first-order valence-electron chi connectivity index (χ1n) is 8.29. The lowest BCUT2D eigenvalue weighted by Gasteiger charge is -2.37. The number of hydrogen-bond acceptors (Lipinski definition) is 7. The summed E-state index contributed by atoms with van der Waals surface area (Å²) in [6.45, 7) is 5.04. The lowest BCUT2D eigenvalue weighted by atomic mass is 10.0. The fourth-order valence-corrected chi connectivity index (χ4v) is 3.19. The Balaban J connectivity index is 1.45. The van der Waals surface area contributed by atoms with Gasteiger partial charge in [0.2, 0.25) is 5.95 Å². The Bertz CT molecular complexity index is 708. The van der Waals surface area contributed by atoms with E-state index in [9.17, 15) is 0 Å². The fourth-order valence-electron chi connectivity index (χ4n) is 3.19. The van der Waals surface area contributed by atoms with E-state index >= 15 is 0 Å². The molecule has 1 aromatic carbocycles. The summed E-state index contributed by atoms with van der Waals surface area (Å²) in [6.07, 6.45) is 3.29. The third-order valence-electron chi connectivity index (χ3n) is 4.46. The Kier molecular flexibility index (Phi) is 4.03. The molecule has 0 saturated carbocycles. The minimum atomic E-state index is -0.388. The molecule has 0 atom stereocenters. The van der Waals surface area contributed by atoms with Crippen LogP contribution in [0.3, 0.4) is 0 Å². The van der Waals surface area contributed by atoms with Crippen molar-refractivity contribution in [3.05, 3.63) is 36.0 Å². The number of aryl methyl sites for hydroxylation is 1. The van der Waals surface area contributed by atoms with Crippen LogP contribution in [0.25, 0.3) is 0 Å². The normalized spacial score (nSPS) is 19.6. The molecule has 7 heteroatoms. The topological polar surface area (TPSA) is 72.4 Å². The van der Waals surface area contributed by atoms with Crippen LogP contribution in [0.5, 0.6) is 0 Å². The Morgan fingerprint density at radius 2 is 1.96 bits per heavy atom. The van der Waals surface area contributed by atoms with Gasteiger partial charge in [0.05, 0.1) is 19.4 Å². The number of benzene rings is 1. The average Bonchev–Trinajstić information content (AvgIpc) is 3.04. The Labute approximate surface area is 141 Å². The van der Waals surface area contributed by atoms with Gasteiger partial charge in [-0.15, -0.1) is 5.10 Å². The van der Waals surface area contributed by atoms with Gasteiger partial charge in [0.1, 0.15) is 0 Å². The second-order valence-corrected chi connectivity index (χ2v) is 6.23. The van der Waals surface area contributed by atoms with Crippen molar-refractivity contribution < 1.29 is 9.47 Å². The van der Waals surface area contributed by atoms with Crippen LogP contribution in [0.1, 0.15) is 18.4 Å². The Morgan fingerprint density at radius 3 is 2.71 bits per heavy atom. The summed E-state index contributed by atoms with van der Waals surface area (Å²) in [5, 5.41) is 11.6. The van der Waals surface area contributed by atoms with Gasteiger partial charge in [0, 0.05) is 31.6 Å². The van der Waals surface area contributed by atoms with Gasteiger partial charge in [-0.3, -0.25) is 0 Å². The van der Waals surface area contributed by atoms with E-state index < -0.39 is 0 Å². The van der Waals surface area contributed by atoms with E-state index in [2.05, 4.69) is 44.5 Å². The molecule has 1 aromatic heterocycles. The van der Waals surface area contributed by atoms with Crippen molar-refractivity contribution in [1.29, 1.82) is 0 Å². The highest BCUT2D eigenvalue weighted by atomic mass is 16.7. The molecule has 0 bridgehead atoms. The van der Waals surface area contributed by atoms with Gasteiger partial charge in [-0.2, -0.15) is 10.1 Å². The van der Waals surface area contributed by atoms with Crippen LogP contribution in [0.4, 0.5) is 17.5 Å². The molecule has 2 aromatic rings. The monoisotopic (exact) mass is 327 g/mol. The second kappa shape index (κ2) is 6.33. The quantitative estimate of drug-likeness (QED) is 0.927. The number of anilines is 3. The zero-order valence-electron chi connectivity index (χ0n) is 13.7. The van der Waals surface area contributed by atoms with Crippen molar-refractivity contribution in [2.75, 3.05) is 36.5 Å².